The van der Waals surface area contributed by atoms with Gasteiger partial charge in [-0.2, -0.15) is 0 Å². The lowest BCUT2D eigenvalue weighted by molar-refractivity contribution is 0.419. The first-order valence-electron chi connectivity index (χ1n) is 7.82. The highest BCUT2D eigenvalue weighted by molar-refractivity contribution is 5.38. The summed E-state index contributed by atoms with van der Waals surface area (Å²) in [5, 5.41) is 0. The summed E-state index contributed by atoms with van der Waals surface area (Å²) in [5.74, 6) is 6.60. The van der Waals surface area contributed by atoms with Crippen molar-refractivity contribution in [3.8, 4) is 0 Å². The first-order valence-corrected chi connectivity index (χ1v) is 7.82. The van der Waals surface area contributed by atoms with Crippen molar-refractivity contribution in [1.29, 1.82) is 0 Å². The number of benzene rings is 1. The minimum atomic E-state index is 0.0305. The maximum Gasteiger partial charge on any atom is 0.0713 e. The lowest BCUT2D eigenvalue weighted by Gasteiger charge is -2.27. The van der Waals surface area contributed by atoms with Gasteiger partial charge in [0.25, 0.3) is 0 Å². The zero-order chi connectivity index (χ0) is 14.7. The van der Waals surface area contributed by atoms with E-state index < -0.39 is 0 Å². The Balaban J connectivity index is 1.95. The molecule has 1 fully saturated rings. The molecule has 2 aromatic rings. The molecule has 0 spiro atoms. The Morgan fingerprint density at radius 1 is 1.33 bits per heavy atom. The van der Waals surface area contributed by atoms with Gasteiger partial charge in [0.2, 0.25) is 0 Å². The monoisotopic (exact) mass is 281 g/mol. The third-order valence-electron chi connectivity index (χ3n) is 4.62. The van der Waals surface area contributed by atoms with Crippen molar-refractivity contribution in [2.45, 2.75) is 44.6 Å². The highest BCUT2D eigenvalue weighted by Gasteiger charge is 2.21. The number of hydrogen-bond donors (Lipinski definition) is 2. The van der Waals surface area contributed by atoms with Crippen LogP contribution in [0.5, 0.6) is 0 Å². The molecule has 1 aliphatic carbocycles. The molecule has 1 heterocycles. The Morgan fingerprint density at radius 2 is 2.19 bits per heavy atom. The normalized spacial score (nSPS) is 16.5. The molecule has 1 saturated carbocycles. The summed E-state index contributed by atoms with van der Waals surface area (Å²) in [7, 11) is 0. The number of aryl methyl sites for hydroxylation is 1. The van der Waals surface area contributed by atoms with Crippen molar-refractivity contribution >= 4 is 0 Å². The fourth-order valence-electron chi connectivity index (χ4n) is 3.11. The van der Waals surface area contributed by atoms with Gasteiger partial charge in [0, 0.05) is 12.4 Å². The second-order valence-corrected chi connectivity index (χ2v) is 5.83. The minimum absolute atomic E-state index is 0.0305. The summed E-state index contributed by atoms with van der Waals surface area (Å²) in [4.78, 5) is 4.23. The molecular weight excluding hydrogens is 258 g/mol. The quantitative estimate of drug-likeness (QED) is 0.652. The van der Waals surface area contributed by atoms with Gasteiger partial charge in [-0.1, -0.05) is 37.6 Å². The van der Waals surface area contributed by atoms with E-state index in [-0.39, 0.29) is 6.04 Å². The van der Waals surface area contributed by atoms with Crippen LogP contribution >= 0.6 is 0 Å². The number of nitrogens with zero attached hydrogens (tertiary/aromatic N) is 1. The molecular formula is C18H23N3. The number of nitrogens with two attached hydrogens (primary N) is 1. The number of hydrogen-bond acceptors (Lipinski definition) is 3. The second kappa shape index (κ2) is 6.37. The average Bonchev–Trinajstić information content (AvgIpc) is 2.47. The molecule has 0 radical (unpaired) electrons. The van der Waals surface area contributed by atoms with Gasteiger partial charge in [-0.3, -0.25) is 10.8 Å². The fourth-order valence-corrected chi connectivity index (χ4v) is 3.11. The smallest absolute Gasteiger partial charge is 0.0713 e. The summed E-state index contributed by atoms with van der Waals surface area (Å²) in [6, 6.07) is 11.0. The molecule has 0 aliphatic heterocycles. The Labute approximate surface area is 126 Å². The van der Waals surface area contributed by atoms with Crippen LogP contribution in [0.3, 0.4) is 0 Å². The van der Waals surface area contributed by atoms with Crippen LogP contribution in [-0.4, -0.2) is 4.98 Å². The van der Waals surface area contributed by atoms with E-state index in [1.54, 1.807) is 0 Å². The molecule has 1 aromatic heterocycles. The number of hydrazine groups is 1. The van der Waals surface area contributed by atoms with E-state index >= 15 is 0 Å². The average molecular weight is 281 g/mol. The first kappa shape index (κ1) is 14.2. The van der Waals surface area contributed by atoms with Gasteiger partial charge in [0.05, 0.1) is 6.04 Å². The molecule has 3 N–H and O–H groups in total. The van der Waals surface area contributed by atoms with E-state index in [1.165, 1.54) is 41.5 Å². The van der Waals surface area contributed by atoms with Crippen molar-refractivity contribution in [3.05, 3.63) is 65.0 Å². The molecule has 0 bridgehead atoms. The van der Waals surface area contributed by atoms with Gasteiger partial charge in [-0.25, -0.2) is 5.43 Å². The van der Waals surface area contributed by atoms with Gasteiger partial charge in [-0.15, -0.1) is 0 Å². The number of aromatic nitrogens is 1. The summed E-state index contributed by atoms with van der Waals surface area (Å²) >= 11 is 0. The van der Waals surface area contributed by atoms with Gasteiger partial charge < -0.3 is 0 Å². The summed E-state index contributed by atoms with van der Waals surface area (Å²) in [6.45, 7) is 2.15. The van der Waals surface area contributed by atoms with E-state index in [0.717, 1.165) is 12.3 Å². The summed E-state index contributed by atoms with van der Waals surface area (Å²) in [5.41, 5.74) is 8.14. The van der Waals surface area contributed by atoms with Crippen LogP contribution in [0.4, 0.5) is 0 Å². The van der Waals surface area contributed by atoms with Gasteiger partial charge in [0.15, 0.2) is 0 Å². The Kier molecular flexibility index (Phi) is 4.32. The van der Waals surface area contributed by atoms with E-state index in [9.17, 15) is 0 Å². The topological polar surface area (TPSA) is 50.9 Å². The maximum atomic E-state index is 5.86. The Bertz CT molecular complexity index is 605. The Morgan fingerprint density at radius 3 is 2.86 bits per heavy atom. The fraction of sp³-hybridized carbons (Fsp3) is 0.389. The summed E-state index contributed by atoms with van der Waals surface area (Å²) in [6.07, 6.45) is 8.74. The van der Waals surface area contributed by atoms with Crippen LogP contribution in [0.2, 0.25) is 0 Å². The van der Waals surface area contributed by atoms with Gasteiger partial charge in [-0.05, 0) is 53.5 Å². The second-order valence-electron chi connectivity index (χ2n) is 5.83. The molecule has 1 aromatic carbocycles. The molecule has 110 valence electrons. The number of nitrogens with one attached hydrogen (secondary N) is 1. The standard InChI is InChI=1S/C18H23N3/c1-2-13-12-20-10-9-17(13)18(21-19)16-8-4-7-15(11-16)14-5-3-6-14/h4,7-12,14,18,21H,2-3,5-6,19H2,1H3. The van der Waals surface area contributed by atoms with Crippen LogP contribution in [0.15, 0.2) is 42.7 Å². The number of rotatable bonds is 5. The molecule has 0 amide bonds. The molecule has 3 rings (SSSR count). The molecule has 21 heavy (non-hydrogen) atoms. The van der Waals surface area contributed by atoms with Crippen molar-refractivity contribution < 1.29 is 0 Å². The lowest BCUT2D eigenvalue weighted by Crippen LogP contribution is -2.29. The molecule has 1 aliphatic rings. The van der Waals surface area contributed by atoms with Crippen molar-refractivity contribution in [3.63, 3.8) is 0 Å². The largest absolute Gasteiger partial charge is 0.271 e. The highest BCUT2D eigenvalue weighted by atomic mass is 15.2. The third-order valence-corrected chi connectivity index (χ3v) is 4.62. The van der Waals surface area contributed by atoms with E-state index in [4.69, 9.17) is 5.84 Å². The first-order chi connectivity index (χ1) is 10.3. The van der Waals surface area contributed by atoms with E-state index in [0.29, 0.717) is 0 Å². The van der Waals surface area contributed by atoms with Gasteiger partial charge in [0.1, 0.15) is 0 Å². The molecule has 1 atom stereocenters. The van der Waals surface area contributed by atoms with Crippen molar-refractivity contribution in [1.82, 2.24) is 10.4 Å². The van der Waals surface area contributed by atoms with Gasteiger partial charge >= 0.3 is 0 Å². The molecule has 3 heteroatoms. The van der Waals surface area contributed by atoms with Crippen LogP contribution in [-0.2, 0) is 6.42 Å². The molecule has 1 unspecified atom stereocenters. The van der Waals surface area contributed by atoms with Crippen LogP contribution in [0.25, 0.3) is 0 Å². The van der Waals surface area contributed by atoms with E-state index in [2.05, 4.69) is 47.7 Å². The molecule has 0 saturated heterocycles. The Hall–Kier alpha value is -1.71. The maximum absolute atomic E-state index is 5.86. The zero-order valence-corrected chi connectivity index (χ0v) is 12.5. The predicted octanol–water partition coefficient (Wildman–Crippen LogP) is 3.46. The minimum Gasteiger partial charge on any atom is -0.271 e. The van der Waals surface area contributed by atoms with E-state index in [1.807, 2.05) is 12.4 Å². The van der Waals surface area contributed by atoms with Crippen LogP contribution in [0.1, 0.15) is 60.4 Å². The highest BCUT2D eigenvalue weighted by Crippen LogP contribution is 2.37. The SMILES string of the molecule is CCc1cnccc1C(NN)c1cccc(C2CCC2)c1. The predicted molar refractivity (Wildman–Crippen MR) is 85.8 cm³/mol. The van der Waals surface area contributed by atoms with Crippen LogP contribution < -0.4 is 11.3 Å². The molecule has 3 nitrogen and oxygen atoms in total. The van der Waals surface area contributed by atoms with Crippen molar-refractivity contribution in [2.75, 3.05) is 0 Å². The number of pyridine rings is 1. The van der Waals surface area contributed by atoms with Crippen molar-refractivity contribution in [2.24, 2.45) is 5.84 Å². The lowest BCUT2D eigenvalue weighted by atomic mass is 9.79. The van der Waals surface area contributed by atoms with Crippen LogP contribution in [0, 0.1) is 0 Å². The third kappa shape index (κ3) is 2.85. The summed E-state index contributed by atoms with van der Waals surface area (Å²) < 4.78 is 0. The zero-order valence-electron chi connectivity index (χ0n) is 12.5.